The van der Waals surface area contributed by atoms with Gasteiger partial charge in [-0.25, -0.2) is 0 Å². The summed E-state index contributed by atoms with van der Waals surface area (Å²) in [5, 5.41) is 14.5. The highest BCUT2D eigenvalue weighted by molar-refractivity contribution is 6.32. The highest BCUT2D eigenvalue weighted by atomic mass is 35.5. The molecule has 6 nitrogen and oxygen atoms in total. The molecule has 0 saturated carbocycles. The lowest BCUT2D eigenvalue weighted by Gasteiger charge is -2.22. The Labute approximate surface area is 210 Å². The van der Waals surface area contributed by atoms with E-state index < -0.39 is 0 Å². The number of rotatable bonds is 7. The molecule has 0 amide bonds. The van der Waals surface area contributed by atoms with Crippen LogP contribution < -0.4 is 14.8 Å². The van der Waals surface area contributed by atoms with Gasteiger partial charge in [0.1, 0.15) is 29.7 Å². The fourth-order valence-electron chi connectivity index (χ4n) is 3.66. The summed E-state index contributed by atoms with van der Waals surface area (Å²) in [5.74, 6) is 1.25. The van der Waals surface area contributed by atoms with Crippen molar-refractivity contribution in [1.29, 1.82) is 5.26 Å². The molecule has 7 heteroatoms. The van der Waals surface area contributed by atoms with Gasteiger partial charge in [0.05, 0.1) is 28.6 Å². The Morgan fingerprint density at radius 2 is 1.86 bits per heavy atom. The standard InChI is InChI=1S/C28H27ClN4O2/c1-5-34-25-13-19(28(2,3)4)12-22-26(18(15-30)16-32-27(22)25)33-20-9-10-24(23(29)14-20)35-17-21-8-6-7-11-31-21/h6-14,16H,5,17H2,1-4H3,(H,32,33). The third kappa shape index (κ3) is 5.47. The molecule has 0 radical (unpaired) electrons. The van der Waals surface area contributed by atoms with Crippen LogP contribution >= 0.6 is 11.6 Å². The van der Waals surface area contributed by atoms with E-state index in [4.69, 9.17) is 21.1 Å². The number of fused-ring (bicyclic) bond motifs is 1. The first-order valence-corrected chi connectivity index (χ1v) is 11.8. The number of hydrogen-bond acceptors (Lipinski definition) is 6. The van der Waals surface area contributed by atoms with Crippen LogP contribution in [0.5, 0.6) is 11.5 Å². The van der Waals surface area contributed by atoms with Crippen molar-refractivity contribution in [2.45, 2.75) is 39.7 Å². The van der Waals surface area contributed by atoms with Gasteiger partial charge in [-0.05, 0) is 60.4 Å². The molecule has 0 fully saturated rings. The summed E-state index contributed by atoms with van der Waals surface area (Å²) in [4.78, 5) is 8.80. The summed E-state index contributed by atoms with van der Waals surface area (Å²) < 4.78 is 11.8. The average Bonchev–Trinajstić information content (AvgIpc) is 2.84. The molecule has 0 atom stereocenters. The van der Waals surface area contributed by atoms with E-state index >= 15 is 0 Å². The zero-order chi connectivity index (χ0) is 25.0. The lowest BCUT2D eigenvalue weighted by atomic mass is 9.85. The van der Waals surface area contributed by atoms with Gasteiger partial charge in [-0.2, -0.15) is 5.26 Å². The van der Waals surface area contributed by atoms with E-state index in [0.717, 1.165) is 22.3 Å². The second-order valence-electron chi connectivity index (χ2n) is 9.09. The molecule has 4 aromatic rings. The van der Waals surface area contributed by atoms with Gasteiger partial charge in [0.25, 0.3) is 0 Å². The summed E-state index contributed by atoms with van der Waals surface area (Å²) in [6.07, 6.45) is 3.29. The van der Waals surface area contributed by atoms with Gasteiger partial charge >= 0.3 is 0 Å². The van der Waals surface area contributed by atoms with Crippen molar-refractivity contribution < 1.29 is 9.47 Å². The molecule has 0 unspecified atom stereocenters. The predicted molar refractivity (Wildman–Crippen MR) is 140 cm³/mol. The van der Waals surface area contributed by atoms with Crippen molar-refractivity contribution in [3.05, 3.63) is 82.8 Å². The van der Waals surface area contributed by atoms with E-state index in [-0.39, 0.29) is 5.41 Å². The SMILES string of the molecule is CCOc1cc(C(C)(C)C)cc2c(Nc3ccc(OCc4ccccn4)c(Cl)c3)c(C#N)cnc12. The van der Waals surface area contributed by atoms with E-state index in [0.29, 0.717) is 46.5 Å². The van der Waals surface area contributed by atoms with Gasteiger partial charge < -0.3 is 14.8 Å². The molecular weight excluding hydrogens is 460 g/mol. The van der Waals surface area contributed by atoms with Crippen LogP contribution in [0.25, 0.3) is 10.9 Å². The topological polar surface area (TPSA) is 80.1 Å². The highest BCUT2D eigenvalue weighted by Crippen LogP contribution is 2.38. The summed E-state index contributed by atoms with van der Waals surface area (Å²) in [6.45, 7) is 9.20. The number of halogens is 1. The minimum Gasteiger partial charge on any atom is -0.492 e. The molecule has 0 bridgehead atoms. The fraction of sp³-hybridized carbons (Fsp3) is 0.250. The van der Waals surface area contributed by atoms with Crippen LogP contribution in [0.15, 0.2) is 60.9 Å². The summed E-state index contributed by atoms with van der Waals surface area (Å²) >= 11 is 6.52. The maximum Gasteiger partial charge on any atom is 0.145 e. The highest BCUT2D eigenvalue weighted by Gasteiger charge is 2.20. The van der Waals surface area contributed by atoms with Crippen LogP contribution in [0.4, 0.5) is 11.4 Å². The van der Waals surface area contributed by atoms with Crippen LogP contribution in [-0.4, -0.2) is 16.6 Å². The molecule has 0 aliphatic carbocycles. The van der Waals surface area contributed by atoms with Gasteiger partial charge in [-0.3, -0.25) is 9.97 Å². The van der Waals surface area contributed by atoms with Crippen molar-refractivity contribution in [2.24, 2.45) is 0 Å². The molecule has 0 aliphatic rings. The molecule has 0 aliphatic heterocycles. The minimum atomic E-state index is -0.115. The molecule has 0 spiro atoms. The first-order chi connectivity index (χ1) is 16.8. The van der Waals surface area contributed by atoms with Gasteiger partial charge in [0, 0.05) is 23.5 Å². The van der Waals surface area contributed by atoms with Crippen molar-refractivity contribution >= 4 is 33.9 Å². The minimum absolute atomic E-state index is 0.115. The number of pyridine rings is 2. The lowest BCUT2D eigenvalue weighted by Crippen LogP contribution is -2.12. The third-order valence-corrected chi connectivity index (χ3v) is 5.82. The van der Waals surface area contributed by atoms with E-state index in [9.17, 15) is 5.26 Å². The Bertz CT molecular complexity index is 1390. The van der Waals surface area contributed by atoms with Gasteiger partial charge in [-0.1, -0.05) is 38.4 Å². The molecule has 1 N–H and O–H groups in total. The van der Waals surface area contributed by atoms with Gasteiger partial charge in [0.2, 0.25) is 0 Å². The normalized spacial score (nSPS) is 11.2. The van der Waals surface area contributed by atoms with E-state index in [1.54, 1.807) is 24.5 Å². The zero-order valence-corrected chi connectivity index (χ0v) is 21.0. The fourth-order valence-corrected chi connectivity index (χ4v) is 3.90. The van der Waals surface area contributed by atoms with Crippen LogP contribution in [0, 0.1) is 11.3 Å². The van der Waals surface area contributed by atoms with Gasteiger partial charge in [0.15, 0.2) is 0 Å². The van der Waals surface area contributed by atoms with Crippen molar-refractivity contribution in [3.63, 3.8) is 0 Å². The van der Waals surface area contributed by atoms with Crippen LogP contribution in [0.3, 0.4) is 0 Å². The number of benzene rings is 2. The Morgan fingerprint density at radius 1 is 1.03 bits per heavy atom. The first kappa shape index (κ1) is 24.3. The molecule has 35 heavy (non-hydrogen) atoms. The second kappa shape index (κ2) is 10.2. The quantitative estimate of drug-likeness (QED) is 0.298. The molecular formula is C28H27ClN4O2. The van der Waals surface area contributed by atoms with Gasteiger partial charge in [-0.15, -0.1) is 0 Å². The predicted octanol–water partition coefficient (Wildman–Crippen LogP) is 7.17. The Kier molecular flexibility index (Phi) is 7.09. The molecule has 2 aromatic heterocycles. The van der Waals surface area contributed by atoms with E-state index in [1.807, 2.05) is 37.3 Å². The Balaban J connectivity index is 1.71. The molecule has 2 heterocycles. The molecule has 2 aromatic carbocycles. The smallest absolute Gasteiger partial charge is 0.145 e. The number of nitrogens with one attached hydrogen (secondary N) is 1. The van der Waals surface area contributed by atoms with E-state index in [1.165, 1.54) is 0 Å². The van der Waals surface area contributed by atoms with Crippen molar-refractivity contribution in [3.8, 4) is 17.6 Å². The largest absolute Gasteiger partial charge is 0.492 e. The number of aromatic nitrogens is 2. The third-order valence-electron chi connectivity index (χ3n) is 5.53. The number of ether oxygens (including phenoxy) is 2. The first-order valence-electron chi connectivity index (χ1n) is 11.4. The Morgan fingerprint density at radius 3 is 2.51 bits per heavy atom. The summed E-state index contributed by atoms with van der Waals surface area (Å²) in [7, 11) is 0. The summed E-state index contributed by atoms with van der Waals surface area (Å²) in [6, 6.07) is 17.5. The Hall–Kier alpha value is -3.82. The molecule has 4 rings (SSSR count). The van der Waals surface area contributed by atoms with Crippen molar-refractivity contribution in [1.82, 2.24) is 9.97 Å². The molecule has 0 saturated heterocycles. The number of hydrogen-bond donors (Lipinski definition) is 1. The maximum absolute atomic E-state index is 9.82. The van der Waals surface area contributed by atoms with Crippen LogP contribution in [0.2, 0.25) is 5.02 Å². The number of nitriles is 1. The number of nitrogens with zero attached hydrogens (tertiary/aromatic N) is 3. The lowest BCUT2D eigenvalue weighted by molar-refractivity contribution is 0.301. The van der Waals surface area contributed by atoms with E-state index in [2.05, 4.69) is 48.2 Å². The monoisotopic (exact) mass is 486 g/mol. The maximum atomic E-state index is 9.82. The number of anilines is 2. The van der Waals surface area contributed by atoms with Crippen LogP contribution in [-0.2, 0) is 12.0 Å². The van der Waals surface area contributed by atoms with Crippen molar-refractivity contribution in [2.75, 3.05) is 11.9 Å². The molecule has 178 valence electrons. The summed E-state index contributed by atoms with van der Waals surface area (Å²) in [5.41, 5.74) is 4.29. The zero-order valence-electron chi connectivity index (χ0n) is 20.2. The van der Waals surface area contributed by atoms with Crippen LogP contribution in [0.1, 0.15) is 44.5 Å². The second-order valence-corrected chi connectivity index (χ2v) is 9.50. The average molecular weight is 487 g/mol.